The minimum Gasteiger partial charge on any atom is -0.240 e. The van der Waals surface area contributed by atoms with Crippen molar-refractivity contribution in [3.8, 4) is 9.88 Å². The Bertz CT molecular complexity index is 980. The number of hydrogen-bond acceptors (Lipinski definition) is 5. The third-order valence-corrected chi connectivity index (χ3v) is 7.94. The smallest absolute Gasteiger partial charge is 0.240 e. The van der Waals surface area contributed by atoms with E-state index in [9.17, 15) is 8.42 Å². The van der Waals surface area contributed by atoms with Gasteiger partial charge in [0.2, 0.25) is 10.0 Å². The van der Waals surface area contributed by atoms with Crippen molar-refractivity contribution in [1.29, 1.82) is 0 Å². The molecule has 0 fully saturated rings. The van der Waals surface area contributed by atoms with E-state index in [0.29, 0.717) is 4.90 Å². The molecule has 0 unspecified atom stereocenters. The molecule has 0 aliphatic carbocycles. The Labute approximate surface area is 156 Å². The van der Waals surface area contributed by atoms with Gasteiger partial charge in [0.1, 0.15) is 5.01 Å². The molecule has 132 valence electrons. The Balaban J connectivity index is 1.83. The summed E-state index contributed by atoms with van der Waals surface area (Å²) < 4.78 is 28.1. The highest BCUT2D eigenvalue weighted by Gasteiger charge is 2.21. The maximum atomic E-state index is 12.7. The van der Waals surface area contributed by atoms with Crippen LogP contribution in [0.4, 0.5) is 0 Å². The van der Waals surface area contributed by atoms with E-state index in [4.69, 9.17) is 0 Å². The molecule has 2 heterocycles. The molecule has 0 bridgehead atoms. The summed E-state index contributed by atoms with van der Waals surface area (Å²) in [7, 11) is -3.55. The predicted octanol–water partition coefficient (Wildman–Crippen LogP) is 4.58. The van der Waals surface area contributed by atoms with Crippen LogP contribution >= 0.6 is 22.7 Å². The fraction of sp³-hybridized carbons (Fsp3) is 0.278. The van der Waals surface area contributed by atoms with Gasteiger partial charge in [-0.25, -0.2) is 18.1 Å². The van der Waals surface area contributed by atoms with Crippen LogP contribution in [0.5, 0.6) is 0 Å². The minimum atomic E-state index is -3.55. The second-order valence-corrected chi connectivity index (χ2v) is 10.2. The van der Waals surface area contributed by atoms with Gasteiger partial charge in [-0.3, -0.25) is 0 Å². The van der Waals surface area contributed by atoms with Gasteiger partial charge in [0.15, 0.2) is 0 Å². The molecule has 0 spiro atoms. The molecular formula is C18H20N2O2S3. The average Bonchev–Trinajstić information content (AvgIpc) is 3.10. The van der Waals surface area contributed by atoms with Gasteiger partial charge in [-0.1, -0.05) is 29.8 Å². The van der Waals surface area contributed by atoms with E-state index in [2.05, 4.69) is 9.71 Å². The zero-order valence-electron chi connectivity index (χ0n) is 14.6. The molecule has 0 atom stereocenters. The summed E-state index contributed by atoms with van der Waals surface area (Å²) in [5.74, 6) is 0. The first-order valence-corrected chi connectivity index (χ1v) is 11.0. The molecule has 1 aromatic carbocycles. The van der Waals surface area contributed by atoms with Crippen LogP contribution in [0.1, 0.15) is 26.6 Å². The van der Waals surface area contributed by atoms with Crippen molar-refractivity contribution in [1.82, 2.24) is 9.71 Å². The lowest BCUT2D eigenvalue weighted by atomic mass is 10.2. The zero-order chi connectivity index (χ0) is 18.2. The summed E-state index contributed by atoms with van der Waals surface area (Å²) in [6.07, 6.45) is 0. The summed E-state index contributed by atoms with van der Waals surface area (Å²) in [5, 5.41) is 0.878. The van der Waals surface area contributed by atoms with Crippen LogP contribution in [0.15, 0.2) is 35.2 Å². The molecule has 3 aromatic rings. The Hall–Kier alpha value is -1.54. The molecule has 0 saturated heterocycles. The van der Waals surface area contributed by atoms with Crippen molar-refractivity contribution in [2.45, 2.75) is 39.1 Å². The van der Waals surface area contributed by atoms with Gasteiger partial charge in [0.05, 0.1) is 15.5 Å². The van der Waals surface area contributed by atoms with E-state index in [0.717, 1.165) is 36.5 Å². The highest BCUT2D eigenvalue weighted by atomic mass is 32.2. The van der Waals surface area contributed by atoms with Crippen LogP contribution in [0.25, 0.3) is 9.88 Å². The molecule has 7 heteroatoms. The summed E-state index contributed by atoms with van der Waals surface area (Å²) in [6, 6.07) is 9.56. The van der Waals surface area contributed by atoms with Crippen LogP contribution in [-0.2, 0) is 16.6 Å². The number of aromatic nitrogens is 1. The molecule has 0 radical (unpaired) electrons. The van der Waals surface area contributed by atoms with E-state index in [1.54, 1.807) is 17.4 Å². The zero-order valence-corrected chi connectivity index (χ0v) is 17.0. The number of sulfonamides is 1. The minimum absolute atomic E-state index is 0.280. The number of aryl methyl sites for hydroxylation is 4. The summed E-state index contributed by atoms with van der Waals surface area (Å²) in [5.41, 5.74) is 3.08. The number of benzene rings is 1. The van der Waals surface area contributed by atoms with Gasteiger partial charge in [0, 0.05) is 16.3 Å². The van der Waals surface area contributed by atoms with E-state index < -0.39 is 10.0 Å². The lowest BCUT2D eigenvalue weighted by Crippen LogP contribution is -2.23. The van der Waals surface area contributed by atoms with Crippen LogP contribution in [0.2, 0.25) is 0 Å². The molecule has 0 aliphatic heterocycles. The van der Waals surface area contributed by atoms with Crippen molar-refractivity contribution in [2.75, 3.05) is 0 Å². The van der Waals surface area contributed by atoms with Gasteiger partial charge in [-0.15, -0.1) is 22.7 Å². The number of thiazole rings is 1. The highest BCUT2D eigenvalue weighted by molar-refractivity contribution is 7.89. The normalized spacial score (nSPS) is 11.8. The van der Waals surface area contributed by atoms with Crippen molar-refractivity contribution in [2.24, 2.45) is 0 Å². The molecular weight excluding hydrogens is 372 g/mol. The van der Waals surface area contributed by atoms with Crippen molar-refractivity contribution >= 4 is 32.7 Å². The van der Waals surface area contributed by atoms with Gasteiger partial charge in [0.25, 0.3) is 0 Å². The Morgan fingerprint density at radius 2 is 1.68 bits per heavy atom. The van der Waals surface area contributed by atoms with Crippen molar-refractivity contribution < 1.29 is 8.42 Å². The monoisotopic (exact) mass is 392 g/mol. The second kappa shape index (κ2) is 6.99. The Kier molecular flexibility index (Phi) is 5.11. The third-order valence-electron chi connectivity index (χ3n) is 3.99. The third kappa shape index (κ3) is 4.00. The largest absolute Gasteiger partial charge is 0.241 e. The molecule has 0 aliphatic rings. The van der Waals surface area contributed by atoms with Crippen molar-refractivity contribution in [3.05, 3.63) is 56.9 Å². The molecule has 3 rings (SSSR count). The fourth-order valence-electron chi connectivity index (χ4n) is 2.38. The average molecular weight is 393 g/mol. The van der Waals surface area contributed by atoms with E-state index in [1.807, 2.05) is 52.0 Å². The van der Waals surface area contributed by atoms with E-state index >= 15 is 0 Å². The van der Waals surface area contributed by atoms with Crippen LogP contribution < -0.4 is 4.72 Å². The lowest BCUT2D eigenvalue weighted by molar-refractivity contribution is 0.581. The Morgan fingerprint density at radius 3 is 2.28 bits per heavy atom. The quantitative estimate of drug-likeness (QED) is 0.691. The first kappa shape index (κ1) is 18.3. The van der Waals surface area contributed by atoms with Crippen LogP contribution in [0, 0.1) is 27.7 Å². The summed E-state index contributed by atoms with van der Waals surface area (Å²) in [4.78, 5) is 7.70. The number of rotatable bonds is 5. The first-order chi connectivity index (χ1) is 11.8. The fourth-order valence-corrected chi connectivity index (χ4v) is 5.94. The highest BCUT2D eigenvalue weighted by Crippen LogP contribution is 2.36. The lowest BCUT2D eigenvalue weighted by Gasteiger charge is -2.06. The molecule has 0 saturated carbocycles. The first-order valence-electron chi connectivity index (χ1n) is 7.86. The van der Waals surface area contributed by atoms with Crippen molar-refractivity contribution in [3.63, 3.8) is 0 Å². The molecule has 25 heavy (non-hydrogen) atoms. The maximum absolute atomic E-state index is 12.7. The topological polar surface area (TPSA) is 59.1 Å². The molecule has 4 nitrogen and oxygen atoms in total. The number of hydrogen-bond donors (Lipinski definition) is 1. The standard InChI is InChI=1S/C18H20N2O2S3/c1-11-5-7-15(8-6-11)10-19-25(21,22)17-9-16(23-14(17)4)18-20-12(2)13(3)24-18/h5-9,19H,10H2,1-4H3. The summed E-state index contributed by atoms with van der Waals surface area (Å²) in [6.45, 7) is 8.12. The SMILES string of the molecule is Cc1ccc(CNS(=O)(=O)c2cc(-c3nc(C)c(C)s3)sc2C)cc1. The predicted molar refractivity (Wildman–Crippen MR) is 105 cm³/mol. The van der Waals surface area contributed by atoms with E-state index in [-0.39, 0.29) is 6.54 Å². The van der Waals surface area contributed by atoms with Crippen LogP contribution in [-0.4, -0.2) is 13.4 Å². The molecule has 2 aromatic heterocycles. The molecule has 0 amide bonds. The van der Waals surface area contributed by atoms with Gasteiger partial charge < -0.3 is 0 Å². The van der Waals surface area contributed by atoms with Crippen LogP contribution in [0.3, 0.4) is 0 Å². The number of nitrogens with one attached hydrogen (secondary N) is 1. The second-order valence-electron chi connectivity index (χ2n) is 6.00. The Morgan fingerprint density at radius 1 is 1.00 bits per heavy atom. The van der Waals surface area contributed by atoms with Gasteiger partial charge in [-0.2, -0.15) is 0 Å². The maximum Gasteiger partial charge on any atom is 0.241 e. The molecule has 1 N–H and O–H groups in total. The van der Waals surface area contributed by atoms with Gasteiger partial charge in [-0.05, 0) is 39.3 Å². The number of thiophene rings is 1. The van der Waals surface area contributed by atoms with E-state index in [1.165, 1.54) is 11.3 Å². The van der Waals surface area contributed by atoms with Gasteiger partial charge >= 0.3 is 0 Å². The number of nitrogens with zero attached hydrogens (tertiary/aromatic N) is 1. The summed E-state index contributed by atoms with van der Waals surface area (Å²) >= 11 is 3.06.